The number of fused-ring (bicyclic) bond motifs is 1. The molecule has 7 heteroatoms. The number of aromatic amines is 1. The smallest absolute Gasteiger partial charge is 0.222 e. The van der Waals surface area contributed by atoms with E-state index in [0.29, 0.717) is 18.4 Å². The molecule has 1 aliphatic heterocycles. The van der Waals surface area contributed by atoms with E-state index in [1.54, 1.807) is 7.05 Å². The van der Waals surface area contributed by atoms with Crippen molar-refractivity contribution in [1.29, 1.82) is 0 Å². The van der Waals surface area contributed by atoms with Crippen LogP contribution < -0.4 is 10.6 Å². The average molecular weight is 497 g/mol. The van der Waals surface area contributed by atoms with Gasteiger partial charge in [0.1, 0.15) is 0 Å². The topological polar surface area (TPSA) is 72.5 Å². The minimum absolute atomic E-state index is 0. The molecule has 1 fully saturated rings. The molecule has 2 aromatic rings. The highest BCUT2D eigenvalue weighted by molar-refractivity contribution is 14.0. The van der Waals surface area contributed by atoms with E-state index in [9.17, 15) is 4.79 Å². The number of halogens is 1. The van der Waals surface area contributed by atoms with Gasteiger partial charge in [-0.1, -0.05) is 25.1 Å². The number of hydrogen-bond donors (Lipinski definition) is 3. The number of nitrogens with one attached hydrogen (secondary N) is 3. The fraction of sp³-hybridized carbons (Fsp3) is 0.524. The van der Waals surface area contributed by atoms with Crippen LogP contribution in [-0.4, -0.2) is 54.5 Å². The molecule has 1 aromatic carbocycles. The van der Waals surface area contributed by atoms with Gasteiger partial charge in [0.05, 0.1) is 0 Å². The van der Waals surface area contributed by atoms with Crippen molar-refractivity contribution in [2.24, 2.45) is 4.99 Å². The lowest BCUT2D eigenvalue weighted by molar-refractivity contribution is -0.129. The normalized spacial score (nSPS) is 15.6. The van der Waals surface area contributed by atoms with Crippen molar-refractivity contribution in [1.82, 2.24) is 20.5 Å². The lowest BCUT2D eigenvalue weighted by Crippen LogP contribution is -2.42. The molecule has 154 valence electrons. The first kappa shape index (κ1) is 22.5. The highest BCUT2D eigenvalue weighted by Crippen LogP contribution is 2.18. The van der Waals surface area contributed by atoms with Gasteiger partial charge in [-0.05, 0) is 37.3 Å². The molecule has 1 atom stereocenters. The number of hydrogen-bond acceptors (Lipinski definition) is 2. The van der Waals surface area contributed by atoms with Crippen molar-refractivity contribution in [3.05, 3.63) is 36.0 Å². The zero-order chi connectivity index (χ0) is 19.1. The molecular formula is C21H32IN5O. The summed E-state index contributed by atoms with van der Waals surface area (Å²) < 4.78 is 0. The Morgan fingerprint density at radius 2 is 2.07 bits per heavy atom. The van der Waals surface area contributed by atoms with Crippen LogP contribution in [0, 0.1) is 0 Å². The van der Waals surface area contributed by atoms with Crippen LogP contribution in [0.1, 0.15) is 38.2 Å². The van der Waals surface area contributed by atoms with Crippen molar-refractivity contribution in [2.75, 3.05) is 26.7 Å². The van der Waals surface area contributed by atoms with Gasteiger partial charge in [0.25, 0.3) is 0 Å². The van der Waals surface area contributed by atoms with Crippen molar-refractivity contribution in [2.45, 2.75) is 45.1 Å². The molecule has 1 unspecified atom stereocenters. The van der Waals surface area contributed by atoms with Crippen LogP contribution >= 0.6 is 24.0 Å². The maximum atomic E-state index is 11.9. The number of carbonyl (C=O) groups is 1. The van der Waals surface area contributed by atoms with Crippen LogP contribution in [0.15, 0.2) is 35.5 Å². The summed E-state index contributed by atoms with van der Waals surface area (Å²) in [5.74, 6) is 1.13. The Hall–Kier alpha value is -1.77. The molecule has 28 heavy (non-hydrogen) atoms. The standard InChI is InChI=1S/C21H31N5O.HI/c1-3-17(26-14-6-9-20(26)27)11-13-24-21(22-2)23-12-10-16-15-25-19-8-5-4-7-18(16)19;/h4-5,7-8,15,17,25H,3,6,9-14H2,1-2H3,(H2,22,23,24);1H. The second-order valence-corrected chi connectivity index (χ2v) is 7.08. The van der Waals surface area contributed by atoms with Crippen LogP contribution in [0.3, 0.4) is 0 Å². The maximum Gasteiger partial charge on any atom is 0.222 e. The molecule has 1 amide bonds. The Morgan fingerprint density at radius 1 is 1.29 bits per heavy atom. The molecule has 0 bridgehead atoms. The summed E-state index contributed by atoms with van der Waals surface area (Å²) in [6, 6.07) is 8.70. The van der Waals surface area contributed by atoms with Gasteiger partial charge in [0.2, 0.25) is 5.91 Å². The quantitative estimate of drug-likeness (QED) is 0.298. The molecule has 6 nitrogen and oxygen atoms in total. The highest BCUT2D eigenvalue weighted by atomic mass is 127. The van der Waals surface area contributed by atoms with Crippen molar-refractivity contribution < 1.29 is 4.79 Å². The lowest BCUT2D eigenvalue weighted by Gasteiger charge is -2.27. The predicted octanol–water partition coefficient (Wildman–Crippen LogP) is 3.28. The number of H-pyrrole nitrogens is 1. The summed E-state index contributed by atoms with van der Waals surface area (Å²) in [5, 5.41) is 8.05. The third-order valence-corrected chi connectivity index (χ3v) is 5.38. The molecule has 1 saturated heterocycles. The van der Waals surface area contributed by atoms with Gasteiger partial charge in [-0.2, -0.15) is 0 Å². The number of likely N-dealkylation sites (tertiary alicyclic amines) is 1. The molecule has 2 heterocycles. The zero-order valence-electron chi connectivity index (χ0n) is 16.8. The van der Waals surface area contributed by atoms with E-state index >= 15 is 0 Å². The van der Waals surface area contributed by atoms with E-state index in [1.807, 2.05) is 6.07 Å². The highest BCUT2D eigenvalue weighted by Gasteiger charge is 2.26. The Morgan fingerprint density at radius 3 is 2.79 bits per heavy atom. The number of rotatable bonds is 8. The van der Waals surface area contributed by atoms with Gasteiger partial charge < -0.3 is 20.5 Å². The van der Waals surface area contributed by atoms with Crippen LogP contribution in [0.2, 0.25) is 0 Å². The number of guanidine groups is 1. The first-order valence-electron chi connectivity index (χ1n) is 10.0. The van der Waals surface area contributed by atoms with Crippen molar-refractivity contribution in [3.8, 4) is 0 Å². The lowest BCUT2D eigenvalue weighted by atomic mass is 10.1. The first-order valence-corrected chi connectivity index (χ1v) is 10.0. The van der Waals surface area contributed by atoms with E-state index in [4.69, 9.17) is 0 Å². The third kappa shape index (κ3) is 5.62. The van der Waals surface area contributed by atoms with Gasteiger partial charge in [0.15, 0.2) is 5.96 Å². The van der Waals surface area contributed by atoms with E-state index in [1.165, 1.54) is 16.5 Å². The molecule has 3 N–H and O–H groups in total. The fourth-order valence-electron chi connectivity index (χ4n) is 3.87. The first-order chi connectivity index (χ1) is 13.2. The fourth-order valence-corrected chi connectivity index (χ4v) is 3.87. The minimum Gasteiger partial charge on any atom is -0.361 e. The summed E-state index contributed by atoms with van der Waals surface area (Å²) in [6.45, 7) is 4.71. The van der Waals surface area contributed by atoms with E-state index in [2.05, 4.69) is 56.8 Å². The number of aromatic nitrogens is 1. The molecule has 1 aromatic heterocycles. The molecule has 0 spiro atoms. The molecule has 0 saturated carbocycles. The third-order valence-electron chi connectivity index (χ3n) is 5.38. The van der Waals surface area contributed by atoms with Gasteiger partial charge >= 0.3 is 0 Å². The summed E-state index contributed by atoms with van der Waals surface area (Å²) in [5.41, 5.74) is 2.49. The van der Waals surface area contributed by atoms with Gasteiger partial charge in [0, 0.05) is 56.2 Å². The average Bonchev–Trinajstić information content (AvgIpc) is 3.30. The largest absolute Gasteiger partial charge is 0.361 e. The summed E-state index contributed by atoms with van der Waals surface area (Å²) >= 11 is 0. The molecule has 0 radical (unpaired) electrons. The monoisotopic (exact) mass is 497 g/mol. The number of amides is 1. The summed E-state index contributed by atoms with van der Waals surface area (Å²) in [7, 11) is 1.79. The number of para-hydroxylation sites is 1. The Labute approximate surface area is 184 Å². The summed E-state index contributed by atoms with van der Waals surface area (Å²) in [6.07, 6.45) is 6.68. The Kier molecular flexibility index (Phi) is 9.08. The van der Waals surface area contributed by atoms with Crippen LogP contribution in [0.4, 0.5) is 0 Å². The Bertz CT molecular complexity index is 788. The van der Waals surface area contributed by atoms with Crippen molar-refractivity contribution >= 4 is 46.7 Å². The minimum atomic E-state index is 0. The molecule has 3 rings (SSSR count). The van der Waals surface area contributed by atoms with Crippen molar-refractivity contribution in [3.63, 3.8) is 0 Å². The maximum absolute atomic E-state index is 11.9. The van der Waals surface area contributed by atoms with Crippen LogP contribution in [-0.2, 0) is 11.2 Å². The number of carbonyl (C=O) groups excluding carboxylic acids is 1. The van der Waals surface area contributed by atoms with Gasteiger partial charge in [-0.25, -0.2) is 0 Å². The second kappa shape index (κ2) is 11.3. The molecular weight excluding hydrogens is 465 g/mol. The number of benzene rings is 1. The van der Waals surface area contributed by atoms with E-state index in [-0.39, 0.29) is 24.0 Å². The van der Waals surface area contributed by atoms with Gasteiger partial charge in [-0.15, -0.1) is 24.0 Å². The van der Waals surface area contributed by atoms with Crippen LogP contribution in [0.25, 0.3) is 10.9 Å². The van der Waals surface area contributed by atoms with E-state index < -0.39 is 0 Å². The second-order valence-electron chi connectivity index (χ2n) is 7.08. The Balaban J connectivity index is 0.00000280. The molecule has 0 aliphatic carbocycles. The predicted molar refractivity (Wildman–Crippen MR) is 126 cm³/mol. The van der Waals surface area contributed by atoms with E-state index in [0.717, 1.165) is 51.3 Å². The number of aliphatic imine (C=N–C) groups is 1. The van der Waals surface area contributed by atoms with Crippen LogP contribution in [0.5, 0.6) is 0 Å². The summed E-state index contributed by atoms with van der Waals surface area (Å²) in [4.78, 5) is 21.6. The van der Waals surface area contributed by atoms with Gasteiger partial charge in [-0.3, -0.25) is 9.79 Å². The SMILES string of the molecule is CCC(CCNC(=NC)NCCc1c[nH]c2ccccc12)N1CCCC1=O.I. The zero-order valence-corrected chi connectivity index (χ0v) is 19.2. The molecule has 1 aliphatic rings. The number of nitrogens with zero attached hydrogens (tertiary/aromatic N) is 2.